The molecule has 122 valence electrons. The molecule has 1 atom stereocenters. The number of ether oxygens (including phenoxy) is 1. The molecule has 1 aromatic rings. The molecular weight excluding hydrogens is 262 g/mol. The third kappa shape index (κ3) is 7.51. The van der Waals surface area contributed by atoms with E-state index in [-0.39, 0.29) is 0 Å². The highest BCUT2D eigenvalue weighted by Gasteiger charge is 2.09. The number of hydrogen-bond acceptors (Lipinski definition) is 3. The SMILES string of the molecule is CCCCCCC(C)Nc1nc(C)cn1CCCOCC. The molecule has 0 aliphatic rings. The fourth-order valence-corrected chi connectivity index (χ4v) is 2.48. The third-order valence-corrected chi connectivity index (χ3v) is 3.65. The van der Waals surface area contributed by atoms with Crippen molar-refractivity contribution in [2.75, 3.05) is 18.5 Å². The van der Waals surface area contributed by atoms with Crippen molar-refractivity contribution in [1.82, 2.24) is 9.55 Å². The number of nitrogens with one attached hydrogen (secondary N) is 1. The van der Waals surface area contributed by atoms with Crippen LogP contribution in [-0.2, 0) is 11.3 Å². The summed E-state index contributed by atoms with van der Waals surface area (Å²) in [6, 6.07) is 0.481. The fourth-order valence-electron chi connectivity index (χ4n) is 2.48. The van der Waals surface area contributed by atoms with Gasteiger partial charge in [-0.2, -0.15) is 0 Å². The Hall–Kier alpha value is -1.03. The van der Waals surface area contributed by atoms with Crippen molar-refractivity contribution in [3.8, 4) is 0 Å². The van der Waals surface area contributed by atoms with Crippen LogP contribution in [0.5, 0.6) is 0 Å². The van der Waals surface area contributed by atoms with Gasteiger partial charge in [0.25, 0.3) is 0 Å². The van der Waals surface area contributed by atoms with Gasteiger partial charge in [-0.3, -0.25) is 0 Å². The summed E-state index contributed by atoms with van der Waals surface area (Å²) in [5.74, 6) is 1.01. The molecular formula is C17H33N3O. The topological polar surface area (TPSA) is 39.1 Å². The van der Waals surface area contributed by atoms with E-state index in [4.69, 9.17) is 4.74 Å². The van der Waals surface area contributed by atoms with Gasteiger partial charge in [0.05, 0.1) is 5.69 Å². The molecule has 1 rings (SSSR count). The molecule has 4 nitrogen and oxygen atoms in total. The van der Waals surface area contributed by atoms with Gasteiger partial charge in [-0.1, -0.05) is 32.6 Å². The van der Waals surface area contributed by atoms with Crippen LogP contribution in [0.1, 0.15) is 65.0 Å². The first-order valence-corrected chi connectivity index (χ1v) is 8.55. The van der Waals surface area contributed by atoms with E-state index in [0.717, 1.165) is 37.8 Å². The van der Waals surface area contributed by atoms with E-state index in [1.54, 1.807) is 0 Å². The Morgan fingerprint density at radius 2 is 2.05 bits per heavy atom. The van der Waals surface area contributed by atoms with Crippen LogP contribution in [0, 0.1) is 6.92 Å². The summed E-state index contributed by atoms with van der Waals surface area (Å²) in [4.78, 5) is 4.60. The lowest BCUT2D eigenvalue weighted by Gasteiger charge is -2.16. The van der Waals surface area contributed by atoms with Gasteiger partial charge in [0, 0.05) is 32.0 Å². The predicted octanol–water partition coefficient (Wildman–Crippen LogP) is 4.39. The van der Waals surface area contributed by atoms with Crippen molar-refractivity contribution >= 4 is 5.95 Å². The minimum absolute atomic E-state index is 0.481. The van der Waals surface area contributed by atoms with Crippen LogP contribution < -0.4 is 5.32 Å². The number of imidazole rings is 1. The second-order valence-corrected chi connectivity index (χ2v) is 5.84. The van der Waals surface area contributed by atoms with Crippen molar-refractivity contribution in [2.45, 2.75) is 78.8 Å². The van der Waals surface area contributed by atoms with E-state index >= 15 is 0 Å². The molecule has 4 heteroatoms. The lowest BCUT2D eigenvalue weighted by atomic mass is 10.1. The van der Waals surface area contributed by atoms with Crippen molar-refractivity contribution in [1.29, 1.82) is 0 Å². The molecule has 0 fully saturated rings. The van der Waals surface area contributed by atoms with Crippen LogP contribution in [0.15, 0.2) is 6.20 Å². The zero-order valence-corrected chi connectivity index (χ0v) is 14.3. The Kier molecular flexibility index (Phi) is 9.15. The minimum Gasteiger partial charge on any atom is -0.382 e. The molecule has 0 amide bonds. The first kappa shape index (κ1) is 18.0. The molecule has 1 heterocycles. The number of nitrogens with zero attached hydrogens (tertiary/aromatic N) is 2. The Morgan fingerprint density at radius 1 is 1.24 bits per heavy atom. The molecule has 0 saturated carbocycles. The van der Waals surface area contributed by atoms with Crippen LogP contribution in [0.3, 0.4) is 0 Å². The average Bonchev–Trinajstić information content (AvgIpc) is 2.80. The Morgan fingerprint density at radius 3 is 2.76 bits per heavy atom. The summed E-state index contributed by atoms with van der Waals surface area (Å²) in [6.45, 7) is 11.2. The molecule has 0 saturated heterocycles. The first-order valence-electron chi connectivity index (χ1n) is 8.55. The molecule has 0 aromatic carbocycles. The van der Waals surface area contributed by atoms with Gasteiger partial charge >= 0.3 is 0 Å². The van der Waals surface area contributed by atoms with Gasteiger partial charge in [0.1, 0.15) is 0 Å². The van der Waals surface area contributed by atoms with Gasteiger partial charge in [0.15, 0.2) is 0 Å². The Balaban J connectivity index is 2.38. The van der Waals surface area contributed by atoms with Crippen LogP contribution in [0.2, 0.25) is 0 Å². The standard InChI is InChI=1S/C17H33N3O/c1-5-7-8-9-11-15(3)18-17-19-16(4)14-20(17)12-10-13-21-6-2/h14-15H,5-13H2,1-4H3,(H,18,19). The molecule has 0 aliphatic carbocycles. The fraction of sp³-hybridized carbons (Fsp3) is 0.824. The smallest absolute Gasteiger partial charge is 0.203 e. The maximum atomic E-state index is 5.40. The quantitative estimate of drug-likeness (QED) is 0.581. The van der Waals surface area contributed by atoms with Gasteiger partial charge in [-0.25, -0.2) is 4.98 Å². The van der Waals surface area contributed by atoms with Crippen LogP contribution >= 0.6 is 0 Å². The molecule has 0 radical (unpaired) electrons. The second kappa shape index (κ2) is 10.7. The van der Waals surface area contributed by atoms with Gasteiger partial charge in [-0.05, 0) is 33.6 Å². The summed E-state index contributed by atoms with van der Waals surface area (Å²) < 4.78 is 7.62. The maximum Gasteiger partial charge on any atom is 0.203 e. The summed E-state index contributed by atoms with van der Waals surface area (Å²) in [7, 11) is 0. The highest BCUT2D eigenvalue weighted by Crippen LogP contribution is 2.13. The monoisotopic (exact) mass is 295 g/mol. The number of unbranched alkanes of at least 4 members (excludes halogenated alkanes) is 3. The van der Waals surface area contributed by atoms with Crippen LogP contribution in [0.4, 0.5) is 5.95 Å². The third-order valence-electron chi connectivity index (χ3n) is 3.65. The van der Waals surface area contributed by atoms with Gasteiger partial charge < -0.3 is 14.6 Å². The van der Waals surface area contributed by atoms with Crippen molar-refractivity contribution in [3.63, 3.8) is 0 Å². The number of anilines is 1. The Labute approximate surface area is 130 Å². The molecule has 0 aliphatic heterocycles. The Bertz CT molecular complexity index is 376. The summed E-state index contributed by atoms with van der Waals surface area (Å²) >= 11 is 0. The van der Waals surface area contributed by atoms with E-state index in [2.05, 4.69) is 41.8 Å². The molecule has 21 heavy (non-hydrogen) atoms. The van der Waals surface area contributed by atoms with Crippen LogP contribution in [-0.4, -0.2) is 28.8 Å². The highest BCUT2D eigenvalue weighted by atomic mass is 16.5. The predicted molar refractivity (Wildman–Crippen MR) is 89.9 cm³/mol. The van der Waals surface area contributed by atoms with Crippen molar-refractivity contribution in [2.24, 2.45) is 0 Å². The summed E-state index contributed by atoms with van der Waals surface area (Å²) in [6.07, 6.45) is 9.64. The number of aromatic nitrogens is 2. The van der Waals surface area contributed by atoms with Crippen LogP contribution in [0.25, 0.3) is 0 Å². The average molecular weight is 295 g/mol. The lowest BCUT2D eigenvalue weighted by molar-refractivity contribution is 0.142. The molecule has 0 bridgehead atoms. The first-order chi connectivity index (χ1) is 10.2. The van der Waals surface area contributed by atoms with E-state index in [1.165, 1.54) is 32.1 Å². The highest BCUT2D eigenvalue weighted by molar-refractivity contribution is 5.29. The van der Waals surface area contributed by atoms with E-state index in [1.807, 2.05) is 6.92 Å². The molecule has 1 N–H and O–H groups in total. The van der Waals surface area contributed by atoms with Gasteiger partial charge in [0.2, 0.25) is 5.95 Å². The molecule has 0 spiro atoms. The number of hydrogen-bond donors (Lipinski definition) is 1. The lowest BCUT2D eigenvalue weighted by Crippen LogP contribution is -2.18. The second-order valence-electron chi connectivity index (χ2n) is 5.84. The van der Waals surface area contributed by atoms with E-state index < -0.39 is 0 Å². The minimum atomic E-state index is 0.481. The summed E-state index contributed by atoms with van der Waals surface area (Å²) in [5, 5.41) is 3.56. The zero-order chi connectivity index (χ0) is 15.5. The summed E-state index contributed by atoms with van der Waals surface area (Å²) in [5.41, 5.74) is 1.08. The van der Waals surface area contributed by atoms with E-state index in [0.29, 0.717) is 6.04 Å². The van der Waals surface area contributed by atoms with Crippen molar-refractivity contribution in [3.05, 3.63) is 11.9 Å². The largest absolute Gasteiger partial charge is 0.382 e. The van der Waals surface area contributed by atoms with Crippen molar-refractivity contribution < 1.29 is 4.74 Å². The van der Waals surface area contributed by atoms with Gasteiger partial charge in [-0.15, -0.1) is 0 Å². The number of aryl methyl sites for hydroxylation is 2. The normalized spacial score (nSPS) is 12.6. The number of rotatable bonds is 12. The maximum absolute atomic E-state index is 5.40. The molecule has 1 aromatic heterocycles. The molecule has 1 unspecified atom stereocenters. The van der Waals surface area contributed by atoms with E-state index in [9.17, 15) is 0 Å². The zero-order valence-electron chi connectivity index (χ0n) is 14.3.